The fourth-order valence-corrected chi connectivity index (χ4v) is 2.47. The van der Waals surface area contributed by atoms with Crippen molar-refractivity contribution in [3.8, 4) is 0 Å². The predicted molar refractivity (Wildman–Crippen MR) is 74.3 cm³/mol. The van der Waals surface area contributed by atoms with E-state index in [1.165, 1.54) is 6.07 Å². The van der Waals surface area contributed by atoms with Crippen LogP contribution in [-0.2, 0) is 0 Å². The number of piperazine rings is 1. The first kappa shape index (κ1) is 12.1. The Labute approximate surface area is 112 Å². The second-order valence-electron chi connectivity index (χ2n) is 4.81. The van der Waals surface area contributed by atoms with Gasteiger partial charge in [-0.05, 0) is 25.1 Å². The van der Waals surface area contributed by atoms with E-state index in [0.717, 1.165) is 37.8 Å². The highest BCUT2D eigenvalue weighted by Gasteiger charge is 2.20. The maximum atomic E-state index is 13.7. The molecule has 0 saturated carbocycles. The van der Waals surface area contributed by atoms with Crippen molar-refractivity contribution in [3.05, 3.63) is 48.0 Å². The average Bonchev–Trinajstić information content (AvgIpc) is 2.86. The van der Waals surface area contributed by atoms with Gasteiger partial charge in [-0.3, -0.25) is 0 Å². The molecule has 100 valence electrons. The van der Waals surface area contributed by atoms with Crippen LogP contribution in [0.15, 0.2) is 40.8 Å². The first-order valence-electron chi connectivity index (χ1n) is 6.55. The van der Waals surface area contributed by atoms with E-state index in [0.29, 0.717) is 5.69 Å². The van der Waals surface area contributed by atoms with Crippen LogP contribution in [0, 0.1) is 12.7 Å². The first-order valence-corrected chi connectivity index (χ1v) is 6.55. The maximum absolute atomic E-state index is 13.7. The van der Waals surface area contributed by atoms with Crippen molar-refractivity contribution < 1.29 is 8.81 Å². The third-order valence-electron chi connectivity index (χ3n) is 3.51. The van der Waals surface area contributed by atoms with Crippen LogP contribution in [0.2, 0.25) is 0 Å². The molecule has 19 heavy (non-hydrogen) atoms. The minimum Gasteiger partial charge on any atom is -0.446 e. The molecule has 0 aliphatic carbocycles. The molecule has 0 atom stereocenters. The molecule has 1 aromatic heterocycles. The molecule has 1 aliphatic rings. The van der Waals surface area contributed by atoms with Crippen molar-refractivity contribution in [1.29, 1.82) is 0 Å². The summed E-state index contributed by atoms with van der Waals surface area (Å²) in [4.78, 5) is 4.28. The molecule has 0 N–H and O–H groups in total. The Kier molecular flexibility index (Phi) is 3.15. The summed E-state index contributed by atoms with van der Waals surface area (Å²) in [6.07, 6.45) is 0. The van der Waals surface area contributed by atoms with Gasteiger partial charge in [-0.2, -0.15) is 0 Å². The summed E-state index contributed by atoms with van der Waals surface area (Å²) in [7, 11) is 0. The van der Waals surface area contributed by atoms with Gasteiger partial charge in [0.1, 0.15) is 11.6 Å². The number of para-hydroxylation sites is 1. The molecular formula is C15H17FN2O. The molecule has 1 aliphatic heterocycles. The van der Waals surface area contributed by atoms with Crippen LogP contribution >= 0.6 is 0 Å². The highest BCUT2D eigenvalue weighted by atomic mass is 19.1. The second-order valence-corrected chi connectivity index (χ2v) is 4.81. The highest BCUT2D eigenvalue weighted by Crippen LogP contribution is 2.23. The predicted octanol–water partition coefficient (Wildman–Crippen LogP) is 3.05. The summed E-state index contributed by atoms with van der Waals surface area (Å²) < 4.78 is 19.3. The molecule has 0 amide bonds. The van der Waals surface area contributed by atoms with Crippen molar-refractivity contribution in [2.45, 2.75) is 6.92 Å². The molecule has 1 aromatic carbocycles. The Morgan fingerprint density at radius 3 is 2.26 bits per heavy atom. The van der Waals surface area contributed by atoms with Crippen molar-refractivity contribution in [2.75, 3.05) is 36.0 Å². The monoisotopic (exact) mass is 260 g/mol. The van der Waals surface area contributed by atoms with Crippen molar-refractivity contribution in [1.82, 2.24) is 0 Å². The highest BCUT2D eigenvalue weighted by molar-refractivity contribution is 5.50. The summed E-state index contributed by atoms with van der Waals surface area (Å²) in [6.45, 7) is 5.25. The molecule has 3 nitrogen and oxygen atoms in total. The van der Waals surface area contributed by atoms with Crippen LogP contribution < -0.4 is 9.80 Å². The van der Waals surface area contributed by atoms with Gasteiger partial charge in [0.05, 0.1) is 5.69 Å². The van der Waals surface area contributed by atoms with E-state index < -0.39 is 0 Å². The number of aryl methyl sites for hydroxylation is 1. The zero-order valence-electron chi connectivity index (χ0n) is 11.0. The van der Waals surface area contributed by atoms with Gasteiger partial charge in [0, 0.05) is 32.2 Å². The summed E-state index contributed by atoms with van der Waals surface area (Å²) >= 11 is 0. The van der Waals surface area contributed by atoms with Crippen molar-refractivity contribution >= 4 is 11.6 Å². The largest absolute Gasteiger partial charge is 0.446 e. The van der Waals surface area contributed by atoms with Gasteiger partial charge in [0.2, 0.25) is 0 Å². The molecule has 2 aromatic rings. The lowest BCUT2D eigenvalue weighted by molar-refractivity contribution is 0.502. The van der Waals surface area contributed by atoms with Gasteiger partial charge >= 0.3 is 0 Å². The Balaban J connectivity index is 1.68. The lowest BCUT2D eigenvalue weighted by atomic mass is 10.2. The van der Waals surface area contributed by atoms with Crippen LogP contribution in [0.25, 0.3) is 0 Å². The Morgan fingerprint density at radius 1 is 0.947 bits per heavy atom. The van der Waals surface area contributed by atoms with E-state index in [-0.39, 0.29) is 5.82 Å². The molecule has 0 bridgehead atoms. The molecule has 4 heteroatoms. The van der Waals surface area contributed by atoms with E-state index in [1.807, 2.05) is 31.2 Å². The van der Waals surface area contributed by atoms with Gasteiger partial charge in [-0.15, -0.1) is 0 Å². The summed E-state index contributed by atoms with van der Waals surface area (Å²) in [5.74, 6) is 1.68. The summed E-state index contributed by atoms with van der Waals surface area (Å²) in [5.41, 5.74) is 0.692. The number of nitrogens with zero attached hydrogens (tertiary/aromatic N) is 2. The second kappa shape index (κ2) is 4.96. The maximum Gasteiger partial charge on any atom is 0.195 e. The zero-order chi connectivity index (χ0) is 13.2. The van der Waals surface area contributed by atoms with E-state index in [4.69, 9.17) is 4.42 Å². The average molecular weight is 260 g/mol. The summed E-state index contributed by atoms with van der Waals surface area (Å²) in [6, 6.07) is 10.9. The topological polar surface area (TPSA) is 19.6 Å². The third kappa shape index (κ3) is 2.43. The Hall–Kier alpha value is -1.97. The van der Waals surface area contributed by atoms with Crippen LogP contribution in [0.1, 0.15) is 5.76 Å². The minimum absolute atomic E-state index is 0.148. The molecule has 3 rings (SSSR count). The van der Waals surface area contributed by atoms with Crippen molar-refractivity contribution in [3.63, 3.8) is 0 Å². The molecule has 2 heterocycles. The number of anilines is 2. The SMILES string of the molecule is Cc1ccc(N2CCN(c3ccccc3F)CC2)o1. The van der Waals surface area contributed by atoms with E-state index >= 15 is 0 Å². The minimum atomic E-state index is -0.148. The number of rotatable bonds is 2. The smallest absolute Gasteiger partial charge is 0.195 e. The van der Waals surface area contributed by atoms with E-state index in [2.05, 4.69) is 9.80 Å². The lowest BCUT2D eigenvalue weighted by Gasteiger charge is -2.36. The fraction of sp³-hybridized carbons (Fsp3) is 0.333. The molecule has 0 spiro atoms. The van der Waals surface area contributed by atoms with Gasteiger partial charge < -0.3 is 14.2 Å². The van der Waals surface area contributed by atoms with Crippen LogP contribution in [0.5, 0.6) is 0 Å². The number of hydrogen-bond acceptors (Lipinski definition) is 3. The fourth-order valence-electron chi connectivity index (χ4n) is 2.47. The van der Waals surface area contributed by atoms with Gasteiger partial charge in [-0.1, -0.05) is 12.1 Å². The zero-order valence-corrected chi connectivity index (χ0v) is 11.0. The number of halogens is 1. The number of furan rings is 1. The molecule has 0 unspecified atom stereocenters. The van der Waals surface area contributed by atoms with Gasteiger partial charge in [-0.25, -0.2) is 4.39 Å². The van der Waals surface area contributed by atoms with Crippen molar-refractivity contribution in [2.24, 2.45) is 0 Å². The summed E-state index contributed by atoms with van der Waals surface area (Å²) in [5, 5.41) is 0. The first-order chi connectivity index (χ1) is 9.24. The molecule has 1 fully saturated rings. The van der Waals surface area contributed by atoms with E-state index in [9.17, 15) is 4.39 Å². The van der Waals surface area contributed by atoms with Gasteiger partial charge in [0.25, 0.3) is 0 Å². The normalized spacial score (nSPS) is 15.9. The van der Waals surface area contributed by atoms with Crippen LogP contribution in [0.3, 0.4) is 0 Å². The lowest BCUT2D eigenvalue weighted by Crippen LogP contribution is -2.46. The molecule has 0 radical (unpaired) electrons. The standard InChI is InChI=1S/C15H17FN2O/c1-12-6-7-15(19-12)18-10-8-17(9-11-18)14-5-3-2-4-13(14)16/h2-7H,8-11H2,1H3. The third-order valence-corrected chi connectivity index (χ3v) is 3.51. The van der Waals surface area contributed by atoms with Gasteiger partial charge in [0.15, 0.2) is 5.88 Å². The Bertz CT molecular complexity index is 559. The van der Waals surface area contributed by atoms with E-state index in [1.54, 1.807) is 6.07 Å². The Morgan fingerprint density at radius 2 is 1.63 bits per heavy atom. The quantitative estimate of drug-likeness (QED) is 0.827. The molecule has 1 saturated heterocycles. The van der Waals surface area contributed by atoms with Crippen LogP contribution in [0.4, 0.5) is 16.0 Å². The number of hydrogen-bond donors (Lipinski definition) is 0. The molecular weight excluding hydrogens is 243 g/mol. The number of benzene rings is 1. The van der Waals surface area contributed by atoms with Crippen LogP contribution in [-0.4, -0.2) is 26.2 Å².